The first-order valence-electron chi connectivity index (χ1n) is 6.12. The van der Waals surface area contributed by atoms with E-state index < -0.39 is 0 Å². The Labute approximate surface area is 97.0 Å². The number of hydrogen-bond acceptors (Lipinski definition) is 3. The van der Waals surface area contributed by atoms with Gasteiger partial charge in [-0.05, 0) is 32.8 Å². The Bertz CT molecular complexity index is 316. The van der Waals surface area contributed by atoms with Crippen molar-refractivity contribution in [2.24, 2.45) is 0 Å². The van der Waals surface area contributed by atoms with Crippen molar-refractivity contribution in [3.63, 3.8) is 0 Å². The molecule has 0 spiro atoms. The highest BCUT2D eigenvalue weighted by molar-refractivity contribution is 5.01. The summed E-state index contributed by atoms with van der Waals surface area (Å²) in [6.07, 6.45) is 4.67. The number of nitrogens with zero attached hydrogens (tertiary/aromatic N) is 2. The summed E-state index contributed by atoms with van der Waals surface area (Å²) in [6.45, 7) is 7.05. The molecule has 90 valence electrons. The van der Waals surface area contributed by atoms with Crippen molar-refractivity contribution in [1.29, 1.82) is 0 Å². The molecule has 2 rings (SSSR count). The zero-order valence-corrected chi connectivity index (χ0v) is 10.1. The zero-order chi connectivity index (χ0) is 11.4. The van der Waals surface area contributed by atoms with Gasteiger partial charge >= 0.3 is 0 Å². The van der Waals surface area contributed by atoms with E-state index in [2.05, 4.69) is 35.0 Å². The summed E-state index contributed by atoms with van der Waals surface area (Å²) in [4.78, 5) is 0. The molecule has 1 aromatic rings. The third-order valence-electron chi connectivity index (χ3n) is 2.94. The molecular weight excluding hydrogens is 202 g/mol. The topological polar surface area (TPSA) is 39.1 Å². The average molecular weight is 223 g/mol. The van der Waals surface area contributed by atoms with Crippen LogP contribution >= 0.6 is 0 Å². The Morgan fingerprint density at radius 1 is 1.62 bits per heavy atom. The van der Waals surface area contributed by atoms with Crippen LogP contribution < -0.4 is 5.32 Å². The van der Waals surface area contributed by atoms with Crippen LogP contribution in [0.2, 0.25) is 0 Å². The van der Waals surface area contributed by atoms with Crippen LogP contribution in [0, 0.1) is 0 Å². The van der Waals surface area contributed by atoms with Crippen molar-refractivity contribution in [3.8, 4) is 0 Å². The maximum atomic E-state index is 5.57. The number of ether oxygens (including phenoxy) is 1. The minimum Gasteiger partial charge on any atom is -0.377 e. The fourth-order valence-corrected chi connectivity index (χ4v) is 2.11. The van der Waals surface area contributed by atoms with Gasteiger partial charge in [0.25, 0.3) is 0 Å². The van der Waals surface area contributed by atoms with Gasteiger partial charge < -0.3 is 10.1 Å². The first kappa shape index (κ1) is 11.6. The second-order valence-corrected chi connectivity index (χ2v) is 4.63. The summed E-state index contributed by atoms with van der Waals surface area (Å²) in [5.41, 5.74) is 1.24. The summed E-state index contributed by atoms with van der Waals surface area (Å²) in [7, 11) is 0. The molecule has 1 aromatic heterocycles. The van der Waals surface area contributed by atoms with Gasteiger partial charge in [0.2, 0.25) is 0 Å². The molecule has 0 amide bonds. The van der Waals surface area contributed by atoms with E-state index in [0.29, 0.717) is 12.1 Å². The molecule has 4 heteroatoms. The van der Waals surface area contributed by atoms with Crippen LogP contribution in [0.25, 0.3) is 0 Å². The van der Waals surface area contributed by atoms with Crippen molar-refractivity contribution in [2.75, 3.05) is 13.2 Å². The molecule has 1 saturated heterocycles. The van der Waals surface area contributed by atoms with E-state index in [9.17, 15) is 0 Å². The largest absolute Gasteiger partial charge is 0.377 e. The molecule has 0 aromatic carbocycles. The normalized spacial score (nSPS) is 20.8. The SMILES string of the molecule is CC(C)n1nccc1CNC[C@H]1CCCO1. The second kappa shape index (κ2) is 5.46. The highest BCUT2D eigenvalue weighted by Crippen LogP contribution is 2.11. The molecule has 1 fully saturated rings. The van der Waals surface area contributed by atoms with E-state index in [1.165, 1.54) is 18.5 Å². The first-order valence-corrected chi connectivity index (χ1v) is 6.12. The number of aromatic nitrogens is 2. The molecule has 0 radical (unpaired) electrons. The van der Waals surface area contributed by atoms with Crippen LogP contribution in [-0.2, 0) is 11.3 Å². The summed E-state index contributed by atoms with van der Waals surface area (Å²) in [5.74, 6) is 0. The van der Waals surface area contributed by atoms with E-state index in [0.717, 1.165) is 19.7 Å². The van der Waals surface area contributed by atoms with Gasteiger partial charge in [0.1, 0.15) is 0 Å². The van der Waals surface area contributed by atoms with Crippen LogP contribution in [0.4, 0.5) is 0 Å². The Morgan fingerprint density at radius 3 is 3.19 bits per heavy atom. The standard InChI is InChI=1S/C12H21N3O/c1-10(2)15-11(5-6-14-15)8-13-9-12-4-3-7-16-12/h5-6,10,12-13H,3-4,7-9H2,1-2H3/t12-/m1/s1. The van der Waals surface area contributed by atoms with Gasteiger partial charge in [-0.15, -0.1) is 0 Å². The molecule has 0 bridgehead atoms. The molecular formula is C12H21N3O. The minimum atomic E-state index is 0.412. The maximum Gasteiger partial charge on any atom is 0.0700 e. The van der Waals surface area contributed by atoms with Gasteiger partial charge in [-0.2, -0.15) is 5.10 Å². The maximum absolute atomic E-state index is 5.57. The van der Waals surface area contributed by atoms with Crippen LogP contribution in [0.3, 0.4) is 0 Å². The number of nitrogens with one attached hydrogen (secondary N) is 1. The molecule has 0 aliphatic carbocycles. The molecule has 4 nitrogen and oxygen atoms in total. The fraction of sp³-hybridized carbons (Fsp3) is 0.750. The highest BCUT2D eigenvalue weighted by atomic mass is 16.5. The van der Waals surface area contributed by atoms with E-state index in [1.807, 2.05) is 6.20 Å². The Balaban J connectivity index is 1.78. The quantitative estimate of drug-likeness (QED) is 0.826. The summed E-state index contributed by atoms with van der Waals surface area (Å²) < 4.78 is 7.62. The molecule has 1 aliphatic rings. The van der Waals surface area contributed by atoms with Crippen LogP contribution in [0.1, 0.15) is 38.4 Å². The molecule has 1 atom stereocenters. The van der Waals surface area contributed by atoms with Gasteiger partial charge in [-0.25, -0.2) is 0 Å². The van der Waals surface area contributed by atoms with Gasteiger partial charge in [0.15, 0.2) is 0 Å². The average Bonchev–Trinajstić information content (AvgIpc) is 2.87. The predicted octanol–water partition coefficient (Wildman–Crippen LogP) is 1.73. The first-order chi connectivity index (χ1) is 7.77. The third-order valence-corrected chi connectivity index (χ3v) is 2.94. The van der Waals surface area contributed by atoms with E-state index in [1.54, 1.807) is 0 Å². The summed E-state index contributed by atoms with van der Waals surface area (Å²) in [6, 6.07) is 2.50. The van der Waals surface area contributed by atoms with Crippen molar-refractivity contribution in [3.05, 3.63) is 18.0 Å². The molecule has 2 heterocycles. The Kier molecular flexibility index (Phi) is 3.96. The summed E-state index contributed by atoms with van der Waals surface area (Å²) >= 11 is 0. The molecule has 0 unspecified atom stereocenters. The van der Waals surface area contributed by atoms with Crippen LogP contribution in [0.15, 0.2) is 12.3 Å². The van der Waals surface area contributed by atoms with Crippen LogP contribution in [0.5, 0.6) is 0 Å². The third kappa shape index (κ3) is 2.83. The van der Waals surface area contributed by atoms with Gasteiger partial charge in [0, 0.05) is 31.9 Å². The molecule has 1 aliphatic heterocycles. The van der Waals surface area contributed by atoms with E-state index >= 15 is 0 Å². The van der Waals surface area contributed by atoms with Crippen LogP contribution in [-0.4, -0.2) is 29.0 Å². The Morgan fingerprint density at radius 2 is 2.50 bits per heavy atom. The van der Waals surface area contributed by atoms with Crippen molar-refractivity contribution < 1.29 is 4.74 Å². The van der Waals surface area contributed by atoms with E-state index in [4.69, 9.17) is 4.74 Å². The number of hydrogen-bond donors (Lipinski definition) is 1. The van der Waals surface area contributed by atoms with Crippen molar-refractivity contribution >= 4 is 0 Å². The minimum absolute atomic E-state index is 0.412. The second-order valence-electron chi connectivity index (χ2n) is 4.63. The monoisotopic (exact) mass is 223 g/mol. The molecule has 0 saturated carbocycles. The van der Waals surface area contributed by atoms with Gasteiger partial charge in [-0.1, -0.05) is 0 Å². The summed E-state index contributed by atoms with van der Waals surface area (Å²) in [5, 5.41) is 7.75. The van der Waals surface area contributed by atoms with Gasteiger partial charge in [0.05, 0.1) is 11.8 Å². The Hall–Kier alpha value is -0.870. The van der Waals surface area contributed by atoms with E-state index in [-0.39, 0.29) is 0 Å². The lowest BCUT2D eigenvalue weighted by Gasteiger charge is -2.13. The number of rotatable bonds is 5. The smallest absolute Gasteiger partial charge is 0.0700 e. The van der Waals surface area contributed by atoms with Crippen molar-refractivity contribution in [1.82, 2.24) is 15.1 Å². The lowest BCUT2D eigenvalue weighted by molar-refractivity contribution is 0.109. The van der Waals surface area contributed by atoms with Crippen molar-refractivity contribution in [2.45, 2.75) is 45.4 Å². The lowest BCUT2D eigenvalue weighted by atomic mass is 10.2. The lowest BCUT2D eigenvalue weighted by Crippen LogP contribution is -2.27. The zero-order valence-electron chi connectivity index (χ0n) is 10.1. The highest BCUT2D eigenvalue weighted by Gasteiger charge is 2.14. The predicted molar refractivity (Wildman–Crippen MR) is 63.3 cm³/mol. The van der Waals surface area contributed by atoms with Gasteiger partial charge in [-0.3, -0.25) is 4.68 Å². The molecule has 1 N–H and O–H groups in total. The fourth-order valence-electron chi connectivity index (χ4n) is 2.11. The molecule has 16 heavy (non-hydrogen) atoms.